The molecule has 0 atom stereocenters. The molecule has 1 aliphatic carbocycles. The van der Waals surface area contributed by atoms with E-state index in [9.17, 15) is 4.39 Å². The van der Waals surface area contributed by atoms with Gasteiger partial charge in [0.25, 0.3) is 0 Å². The SMILES string of the molecule is CC.CCC.Fc1ccc2c(c1)Cc1ccccc1-2. The fourth-order valence-electron chi connectivity index (χ4n) is 2.11. The normalized spacial score (nSPS) is 10.4. The first kappa shape index (κ1) is 15.4. The summed E-state index contributed by atoms with van der Waals surface area (Å²) in [6, 6.07) is 13.3. The van der Waals surface area contributed by atoms with E-state index in [1.54, 1.807) is 6.07 Å². The molecule has 0 saturated carbocycles. The molecular weight excluding hydrogens is 235 g/mol. The molecule has 19 heavy (non-hydrogen) atoms. The van der Waals surface area contributed by atoms with Gasteiger partial charge in [-0.05, 0) is 40.8 Å². The van der Waals surface area contributed by atoms with Crippen LogP contribution >= 0.6 is 0 Å². The quantitative estimate of drug-likeness (QED) is 0.475. The number of fused-ring (bicyclic) bond motifs is 3. The average molecular weight is 258 g/mol. The summed E-state index contributed by atoms with van der Waals surface area (Å²) in [5, 5.41) is 0. The second kappa shape index (κ2) is 7.73. The Hall–Kier alpha value is -1.63. The monoisotopic (exact) mass is 258 g/mol. The van der Waals surface area contributed by atoms with E-state index in [0.717, 1.165) is 12.0 Å². The van der Waals surface area contributed by atoms with Crippen LogP contribution in [-0.2, 0) is 6.42 Å². The molecule has 0 radical (unpaired) electrons. The standard InChI is InChI=1S/C13H9F.C3H8.C2H6/c14-11-5-6-13-10(8-11)7-9-3-1-2-4-12(9)13;1-3-2;1-2/h1-6,8H,7H2;3H2,1-2H3;1-2H3. The van der Waals surface area contributed by atoms with Crippen molar-refractivity contribution >= 4 is 0 Å². The molecule has 3 rings (SSSR count). The van der Waals surface area contributed by atoms with E-state index in [1.165, 1.54) is 29.2 Å². The van der Waals surface area contributed by atoms with Crippen molar-refractivity contribution in [1.29, 1.82) is 0 Å². The predicted molar refractivity (Wildman–Crippen MR) is 82.0 cm³/mol. The highest BCUT2D eigenvalue weighted by Gasteiger charge is 2.17. The van der Waals surface area contributed by atoms with Crippen molar-refractivity contribution in [3.8, 4) is 11.1 Å². The highest BCUT2D eigenvalue weighted by Crippen LogP contribution is 2.36. The lowest BCUT2D eigenvalue weighted by Crippen LogP contribution is -1.81. The first-order chi connectivity index (χ1) is 9.26. The van der Waals surface area contributed by atoms with Crippen LogP contribution in [0.4, 0.5) is 4.39 Å². The van der Waals surface area contributed by atoms with E-state index in [1.807, 2.05) is 32.0 Å². The van der Waals surface area contributed by atoms with Gasteiger partial charge in [-0.15, -0.1) is 0 Å². The molecule has 0 amide bonds. The number of hydrogen-bond donors (Lipinski definition) is 0. The summed E-state index contributed by atoms with van der Waals surface area (Å²) in [4.78, 5) is 0. The lowest BCUT2D eigenvalue weighted by Gasteiger charge is -1.99. The molecule has 1 heteroatoms. The zero-order valence-electron chi connectivity index (χ0n) is 12.3. The maximum atomic E-state index is 13.0. The molecule has 0 spiro atoms. The Kier molecular flexibility index (Phi) is 6.27. The van der Waals surface area contributed by atoms with Crippen molar-refractivity contribution in [3.63, 3.8) is 0 Å². The minimum Gasteiger partial charge on any atom is -0.207 e. The summed E-state index contributed by atoms with van der Waals surface area (Å²) < 4.78 is 13.0. The fourth-order valence-corrected chi connectivity index (χ4v) is 2.11. The Morgan fingerprint density at radius 1 is 0.895 bits per heavy atom. The van der Waals surface area contributed by atoms with Gasteiger partial charge in [-0.25, -0.2) is 4.39 Å². The highest BCUT2D eigenvalue weighted by molar-refractivity contribution is 5.76. The topological polar surface area (TPSA) is 0 Å². The lowest BCUT2D eigenvalue weighted by atomic mass is 10.1. The predicted octanol–water partition coefficient (Wildman–Crippen LogP) is 5.84. The van der Waals surface area contributed by atoms with Crippen LogP contribution in [0.5, 0.6) is 0 Å². The summed E-state index contributed by atoms with van der Waals surface area (Å²) in [7, 11) is 0. The van der Waals surface area contributed by atoms with Gasteiger partial charge in [-0.3, -0.25) is 0 Å². The second-order valence-corrected chi connectivity index (χ2v) is 4.34. The van der Waals surface area contributed by atoms with E-state index in [2.05, 4.69) is 26.0 Å². The molecule has 0 fully saturated rings. The Labute approximate surface area is 116 Å². The molecule has 1 aliphatic rings. The molecule has 0 aliphatic heterocycles. The van der Waals surface area contributed by atoms with Crippen LogP contribution < -0.4 is 0 Å². The number of halogens is 1. The van der Waals surface area contributed by atoms with Crippen LogP contribution in [0.2, 0.25) is 0 Å². The Morgan fingerprint density at radius 3 is 2.16 bits per heavy atom. The van der Waals surface area contributed by atoms with E-state index < -0.39 is 0 Å². The Balaban J connectivity index is 0.000000321. The summed E-state index contributed by atoms with van der Waals surface area (Å²) in [6.45, 7) is 8.25. The van der Waals surface area contributed by atoms with E-state index >= 15 is 0 Å². The minimum absolute atomic E-state index is 0.142. The zero-order valence-corrected chi connectivity index (χ0v) is 12.3. The largest absolute Gasteiger partial charge is 0.207 e. The number of benzene rings is 2. The molecule has 2 aromatic carbocycles. The van der Waals surface area contributed by atoms with Gasteiger partial charge >= 0.3 is 0 Å². The highest BCUT2D eigenvalue weighted by atomic mass is 19.1. The first-order valence-corrected chi connectivity index (χ1v) is 7.13. The van der Waals surface area contributed by atoms with Gasteiger partial charge in [0.1, 0.15) is 5.82 Å². The maximum Gasteiger partial charge on any atom is 0.123 e. The van der Waals surface area contributed by atoms with Crippen LogP contribution in [0.25, 0.3) is 11.1 Å². The molecule has 0 N–H and O–H groups in total. The molecule has 2 aromatic rings. The van der Waals surface area contributed by atoms with Gasteiger partial charge in [0.15, 0.2) is 0 Å². The molecular formula is C18H23F. The molecule has 0 bridgehead atoms. The first-order valence-electron chi connectivity index (χ1n) is 7.13. The van der Waals surface area contributed by atoms with Crippen LogP contribution in [0.15, 0.2) is 42.5 Å². The third-order valence-electron chi connectivity index (χ3n) is 2.76. The molecule has 0 unspecified atom stereocenters. The second-order valence-electron chi connectivity index (χ2n) is 4.34. The van der Waals surface area contributed by atoms with Crippen molar-refractivity contribution in [3.05, 3.63) is 59.4 Å². The van der Waals surface area contributed by atoms with Crippen molar-refractivity contribution in [2.24, 2.45) is 0 Å². The summed E-state index contributed by atoms with van der Waals surface area (Å²) in [6.07, 6.45) is 2.11. The molecule has 0 heterocycles. The van der Waals surface area contributed by atoms with Crippen LogP contribution in [0.3, 0.4) is 0 Å². The van der Waals surface area contributed by atoms with Gasteiger partial charge in [-0.1, -0.05) is 64.4 Å². The van der Waals surface area contributed by atoms with E-state index in [0.29, 0.717) is 0 Å². The summed E-state index contributed by atoms with van der Waals surface area (Å²) >= 11 is 0. The van der Waals surface area contributed by atoms with Crippen molar-refractivity contribution in [2.75, 3.05) is 0 Å². The summed E-state index contributed by atoms with van der Waals surface area (Å²) in [5.41, 5.74) is 4.84. The third-order valence-corrected chi connectivity index (χ3v) is 2.76. The van der Waals surface area contributed by atoms with Crippen molar-refractivity contribution < 1.29 is 4.39 Å². The lowest BCUT2D eigenvalue weighted by molar-refractivity contribution is 0.626. The zero-order chi connectivity index (χ0) is 14.3. The smallest absolute Gasteiger partial charge is 0.123 e. The van der Waals surface area contributed by atoms with Crippen LogP contribution in [0.1, 0.15) is 45.2 Å². The summed E-state index contributed by atoms with van der Waals surface area (Å²) in [5.74, 6) is -0.142. The third kappa shape index (κ3) is 3.66. The number of rotatable bonds is 0. The molecule has 0 aromatic heterocycles. The Bertz CT molecular complexity index is 515. The average Bonchev–Trinajstić information content (AvgIpc) is 2.79. The van der Waals surface area contributed by atoms with Gasteiger partial charge in [-0.2, -0.15) is 0 Å². The van der Waals surface area contributed by atoms with Gasteiger partial charge < -0.3 is 0 Å². The van der Waals surface area contributed by atoms with Gasteiger partial charge in [0, 0.05) is 0 Å². The van der Waals surface area contributed by atoms with Crippen LogP contribution in [0, 0.1) is 5.82 Å². The number of hydrogen-bond acceptors (Lipinski definition) is 0. The molecule has 0 nitrogen and oxygen atoms in total. The Morgan fingerprint density at radius 2 is 1.47 bits per heavy atom. The van der Waals surface area contributed by atoms with E-state index in [-0.39, 0.29) is 5.82 Å². The van der Waals surface area contributed by atoms with Gasteiger partial charge in [0.2, 0.25) is 0 Å². The van der Waals surface area contributed by atoms with E-state index in [4.69, 9.17) is 0 Å². The van der Waals surface area contributed by atoms with Crippen molar-refractivity contribution in [1.82, 2.24) is 0 Å². The minimum atomic E-state index is -0.142. The van der Waals surface area contributed by atoms with Crippen molar-refractivity contribution in [2.45, 2.75) is 40.5 Å². The molecule has 0 saturated heterocycles. The molecule has 102 valence electrons. The van der Waals surface area contributed by atoms with Crippen LogP contribution in [-0.4, -0.2) is 0 Å². The van der Waals surface area contributed by atoms with Gasteiger partial charge in [0.05, 0.1) is 0 Å². The fraction of sp³-hybridized carbons (Fsp3) is 0.333. The maximum absolute atomic E-state index is 13.0.